The number of anilines is 2. The second-order valence-corrected chi connectivity index (χ2v) is 5.60. The monoisotopic (exact) mass is 253 g/mol. The molecule has 0 N–H and O–H groups in total. The molecule has 0 unspecified atom stereocenters. The lowest BCUT2D eigenvalue weighted by Crippen LogP contribution is -2.14. The Hall–Kier alpha value is -1.76. The fourth-order valence-electron chi connectivity index (χ4n) is 2.90. The van der Waals surface area contributed by atoms with Crippen molar-refractivity contribution in [3.8, 4) is 0 Å². The van der Waals surface area contributed by atoms with Crippen molar-refractivity contribution in [1.82, 2.24) is 0 Å². The number of nitrogens with zero attached hydrogens (tertiary/aromatic N) is 1. The van der Waals surface area contributed by atoms with Crippen molar-refractivity contribution in [2.75, 3.05) is 11.9 Å². The Bertz CT molecular complexity index is 588. The third-order valence-electron chi connectivity index (χ3n) is 3.70. The van der Waals surface area contributed by atoms with Crippen LogP contribution in [0.15, 0.2) is 30.3 Å². The van der Waals surface area contributed by atoms with Crippen molar-refractivity contribution in [1.29, 1.82) is 0 Å². The molecule has 0 heterocycles. The molecule has 1 nitrogen and oxygen atoms in total. The van der Waals surface area contributed by atoms with E-state index in [0.29, 0.717) is 0 Å². The summed E-state index contributed by atoms with van der Waals surface area (Å²) < 4.78 is 0. The Morgan fingerprint density at radius 3 is 1.84 bits per heavy atom. The highest BCUT2D eigenvalue weighted by Crippen LogP contribution is 2.33. The van der Waals surface area contributed by atoms with E-state index in [-0.39, 0.29) is 0 Å². The maximum atomic E-state index is 2.31. The summed E-state index contributed by atoms with van der Waals surface area (Å²) in [6.45, 7) is 10.9. The van der Waals surface area contributed by atoms with Crippen LogP contribution in [0.1, 0.15) is 27.8 Å². The van der Waals surface area contributed by atoms with Gasteiger partial charge in [0.1, 0.15) is 0 Å². The Morgan fingerprint density at radius 1 is 0.684 bits per heavy atom. The second-order valence-electron chi connectivity index (χ2n) is 5.60. The highest BCUT2D eigenvalue weighted by atomic mass is 15.1. The molecular weight excluding hydrogens is 230 g/mol. The summed E-state index contributed by atoms with van der Waals surface area (Å²) in [5, 5.41) is 0. The molecule has 2 aromatic rings. The molecule has 1 heteroatoms. The highest BCUT2D eigenvalue weighted by molar-refractivity contribution is 5.71. The molecule has 0 aliphatic carbocycles. The molecule has 0 spiro atoms. The molecule has 0 saturated carbocycles. The van der Waals surface area contributed by atoms with E-state index in [0.717, 1.165) is 0 Å². The summed E-state index contributed by atoms with van der Waals surface area (Å²) in [6, 6.07) is 11.1. The van der Waals surface area contributed by atoms with Crippen LogP contribution in [0, 0.1) is 34.6 Å². The van der Waals surface area contributed by atoms with Crippen LogP contribution in [-0.2, 0) is 0 Å². The van der Waals surface area contributed by atoms with Crippen LogP contribution >= 0.6 is 0 Å². The minimum Gasteiger partial charge on any atom is -0.344 e. The third-order valence-corrected chi connectivity index (χ3v) is 3.70. The summed E-state index contributed by atoms with van der Waals surface area (Å²) in [4.78, 5) is 2.31. The van der Waals surface area contributed by atoms with Gasteiger partial charge in [0.15, 0.2) is 0 Å². The lowest BCUT2D eigenvalue weighted by atomic mass is 10.0. The molecular formula is C18H23N. The molecule has 2 aromatic carbocycles. The predicted octanol–water partition coefficient (Wildman–Crippen LogP) is 5.00. The third kappa shape index (κ3) is 2.65. The Labute approximate surface area is 116 Å². The lowest BCUT2D eigenvalue weighted by molar-refractivity contribution is 1.13. The Balaban J connectivity index is 2.56. The Kier molecular flexibility index (Phi) is 3.66. The van der Waals surface area contributed by atoms with Gasteiger partial charge in [0.05, 0.1) is 0 Å². The van der Waals surface area contributed by atoms with Crippen LogP contribution in [0.3, 0.4) is 0 Å². The zero-order chi connectivity index (χ0) is 14.2. The van der Waals surface area contributed by atoms with Gasteiger partial charge in [0.2, 0.25) is 0 Å². The lowest BCUT2D eigenvalue weighted by Gasteiger charge is -2.26. The van der Waals surface area contributed by atoms with Gasteiger partial charge in [-0.2, -0.15) is 0 Å². The zero-order valence-corrected chi connectivity index (χ0v) is 12.8. The maximum Gasteiger partial charge on any atom is 0.0467 e. The van der Waals surface area contributed by atoms with E-state index in [1.807, 2.05) is 0 Å². The van der Waals surface area contributed by atoms with Gasteiger partial charge >= 0.3 is 0 Å². The minimum atomic E-state index is 1.29. The van der Waals surface area contributed by atoms with Gasteiger partial charge in [-0.1, -0.05) is 29.8 Å². The van der Waals surface area contributed by atoms with Crippen molar-refractivity contribution < 1.29 is 0 Å². The molecule has 2 rings (SSSR count). The van der Waals surface area contributed by atoms with Crippen LogP contribution < -0.4 is 4.90 Å². The van der Waals surface area contributed by atoms with E-state index >= 15 is 0 Å². The molecule has 0 saturated heterocycles. The number of benzene rings is 2. The van der Waals surface area contributed by atoms with Gasteiger partial charge in [-0.3, -0.25) is 0 Å². The number of rotatable bonds is 2. The summed E-state index contributed by atoms with van der Waals surface area (Å²) in [6.07, 6.45) is 0. The summed E-state index contributed by atoms with van der Waals surface area (Å²) in [5.41, 5.74) is 9.21. The largest absolute Gasteiger partial charge is 0.344 e. The molecule has 0 atom stereocenters. The molecule has 19 heavy (non-hydrogen) atoms. The number of aryl methyl sites for hydroxylation is 5. The van der Waals surface area contributed by atoms with Crippen LogP contribution in [-0.4, -0.2) is 7.05 Å². The van der Waals surface area contributed by atoms with Gasteiger partial charge in [-0.25, -0.2) is 0 Å². The standard InChI is InChI=1S/C18H23N/c1-12-7-8-14(3)17(11-12)19(6)18-15(4)9-13(2)10-16(18)5/h7-11H,1-6H3. The van der Waals surface area contributed by atoms with Crippen molar-refractivity contribution in [3.63, 3.8) is 0 Å². The first-order chi connectivity index (χ1) is 8.90. The molecule has 0 aromatic heterocycles. The summed E-state index contributed by atoms with van der Waals surface area (Å²) >= 11 is 0. The maximum absolute atomic E-state index is 2.31. The van der Waals surface area contributed by atoms with Crippen molar-refractivity contribution in [3.05, 3.63) is 58.1 Å². The smallest absolute Gasteiger partial charge is 0.0467 e. The molecule has 0 aliphatic rings. The van der Waals surface area contributed by atoms with Crippen LogP contribution in [0.2, 0.25) is 0 Å². The number of hydrogen-bond acceptors (Lipinski definition) is 1. The SMILES string of the molecule is Cc1cc(C)c(N(C)c2cc(C)ccc2C)c(C)c1. The molecule has 0 amide bonds. The predicted molar refractivity (Wildman–Crippen MR) is 84.6 cm³/mol. The first kappa shape index (κ1) is 13.7. The van der Waals surface area contributed by atoms with Gasteiger partial charge in [0, 0.05) is 18.4 Å². The topological polar surface area (TPSA) is 3.24 Å². The van der Waals surface area contributed by atoms with E-state index in [4.69, 9.17) is 0 Å². The van der Waals surface area contributed by atoms with Crippen molar-refractivity contribution >= 4 is 11.4 Å². The fourth-order valence-corrected chi connectivity index (χ4v) is 2.90. The van der Waals surface area contributed by atoms with E-state index in [1.54, 1.807) is 0 Å². The van der Waals surface area contributed by atoms with Gasteiger partial charge in [0.25, 0.3) is 0 Å². The van der Waals surface area contributed by atoms with Crippen LogP contribution in [0.4, 0.5) is 11.4 Å². The quantitative estimate of drug-likeness (QED) is 0.728. The highest BCUT2D eigenvalue weighted by Gasteiger charge is 2.12. The van der Waals surface area contributed by atoms with E-state index < -0.39 is 0 Å². The van der Waals surface area contributed by atoms with E-state index in [2.05, 4.69) is 76.9 Å². The fraction of sp³-hybridized carbons (Fsp3) is 0.333. The van der Waals surface area contributed by atoms with Gasteiger partial charge in [-0.15, -0.1) is 0 Å². The molecule has 0 fully saturated rings. The summed E-state index contributed by atoms with van der Waals surface area (Å²) in [5.74, 6) is 0. The van der Waals surface area contributed by atoms with Crippen LogP contribution in [0.5, 0.6) is 0 Å². The number of hydrogen-bond donors (Lipinski definition) is 0. The van der Waals surface area contributed by atoms with E-state index in [1.165, 1.54) is 39.2 Å². The molecule has 100 valence electrons. The Morgan fingerprint density at radius 2 is 1.26 bits per heavy atom. The molecule has 0 radical (unpaired) electrons. The average Bonchev–Trinajstić information content (AvgIpc) is 2.30. The van der Waals surface area contributed by atoms with Gasteiger partial charge in [-0.05, 0) is 62.9 Å². The van der Waals surface area contributed by atoms with Crippen LogP contribution in [0.25, 0.3) is 0 Å². The van der Waals surface area contributed by atoms with Crippen molar-refractivity contribution in [2.45, 2.75) is 34.6 Å². The first-order valence-corrected chi connectivity index (χ1v) is 6.79. The average molecular weight is 253 g/mol. The molecule has 0 aliphatic heterocycles. The normalized spacial score (nSPS) is 10.6. The second kappa shape index (κ2) is 5.08. The summed E-state index contributed by atoms with van der Waals surface area (Å²) in [7, 11) is 2.16. The first-order valence-electron chi connectivity index (χ1n) is 6.79. The molecule has 0 bridgehead atoms. The zero-order valence-electron chi connectivity index (χ0n) is 12.8. The minimum absolute atomic E-state index is 1.29. The van der Waals surface area contributed by atoms with E-state index in [9.17, 15) is 0 Å². The van der Waals surface area contributed by atoms with Gasteiger partial charge < -0.3 is 4.90 Å². The van der Waals surface area contributed by atoms with Crippen molar-refractivity contribution in [2.24, 2.45) is 0 Å².